The molecule has 1 aromatic heterocycles. The molecular formula is C19H30N2O8P2. The van der Waals surface area contributed by atoms with Crippen molar-refractivity contribution >= 4 is 15.1 Å². The van der Waals surface area contributed by atoms with E-state index in [0.29, 0.717) is 17.8 Å². The van der Waals surface area contributed by atoms with Gasteiger partial charge in [-0.1, -0.05) is 0 Å². The van der Waals surface area contributed by atoms with Crippen LogP contribution in [0.5, 0.6) is 0 Å². The highest BCUT2D eigenvalue weighted by molar-refractivity contribution is 7.72. The molecule has 31 heavy (non-hydrogen) atoms. The fraction of sp³-hybridized carbons (Fsp3) is 0.842. The average molecular weight is 476 g/mol. The highest BCUT2D eigenvalue weighted by Gasteiger charge is 2.60. The van der Waals surface area contributed by atoms with Gasteiger partial charge in [-0.2, -0.15) is 0 Å². The Labute approximate surface area is 180 Å². The zero-order valence-electron chi connectivity index (χ0n) is 17.1. The minimum Gasteiger partial charge on any atom is -0.388 e. The Morgan fingerprint density at radius 2 is 1.68 bits per heavy atom. The number of imidazole rings is 1. The van der Waals surface area contributed by atoms with Gasteiger partial charge in [-0.05, 0) is 56.3 Å². The molecule has 4 saturated carbocycles. The minimum absolute atomic E-state index is 0.158. The van der Waals surface area contributed by atoms with E-state index in [1.165, 1.54) is 31.7 Å². The Morgan fingerprint density at radius 3 is 2.23 bits per heavy atom. The number of hydrogen-bond acceptors (Lipinski definition) is 7. The monoisotopic (exact) mass is 476 g/mol. The van der Waals surface area contributed by atoms with Gasteiger partial charge in [0.2, 0.25) is 0 Å². The van der Waals surface area contributed by atoms with E-state index in [1.807, 2.05) is 0 Å². The fourth-order valence-electron chi connectivity index (χ4n) is 6.89. The van der Waals surface area contributed by atoms with E-state index in [4.69, 9.17) is 9.26 Å². The van der Waals surface area contributed by atoms with E-state index >= 15 is 0 Å². The van der Waals surface area contributed by atoms with Crippen molar-refractivity contribution in [3.63, 3.8) is 0 Å². The molecule has 5 aliphatic rings. The lowest BCUT2D eigenvalue weighted by molar-refractivity contribution is -0.158. The topological polar surface area (TPSA) is 151 Å². The molecule has 1 saturated heterocycles. The fourth-order valence-corrected chi connectivity index (χ4v) is 10.5. The molecular weight excluding hydrogens is 446 g/mol. The van der Waals surface area contributed by atoms with Crippen LogP contribution in [-0.2, 0) is 18.4 Å². The zero-order chi connectivity index (χ0) is 22.0. The van der Waals surface area contributed by atoms with Crippen LogP contribution in [0.3, 0.4) is 0 Å². The molecule has 0 amide bonds. The summed E-state index contributed by atoms with van der Waals surface area (Å²) in [7, 11) is -8.66. The molecule has 10 nitrogen and oxygen atoms in total. The van der Waals surface area contributed by atoms with Gasteiger partial charge in [-0.15, -0.1) is 0 Å². The maximum Gasteiger partial charge on any atom is 0.339 e. The van der Waals surface area contributed by atoms with Crippen molar-refractivity contribution in [1.82, 2.24) is 9.32 Å². The Morgan fingerprint density at radius 1 is 1.06 bits per heavy atom. The van der Waals surface area contributed by atoms with Crippen LogP contribution in [0, 0.1) is 23.2 Å². The summed E-state index contributed by atoms with van der Waals surface area (Å²) in [5.41, 5.74) is -0.158. The standard InChI is InChI=1S/C19H30N2O8P2/c22-16-15(9-28-31(26,27)11-30(24,25)21-2-1-20-10-21)29-18(17(16)23)19-6-12-3-13(7-19)5-14(4-12)8-19/h1-2,10,12-18,22-23H,3-9,11H2,(H,24,25)(H,26,27)/t12?,13?,14?,15-,16-,17-,18-,19?/m0/s1. The summed E-state index contributed by atoms with van der Waals surface area (Å²) >= 11 is 0. The van der Waals surface area contributed by atoms with Gasteiger partial charge < -0.3 is 29.3 Å². The number of hydrogen-bond donors (Lipinski definition) is 4. The first-order valence-electron chi connectivity index (χ1n) is 10.9. The quantitative estimate of drug-likeness (QED) is 0.432. The third kappa shape index (κ3) is 4.11. The Balaban J connectivity index is 1.24. The second-order valence-corrected chi connectivity index (χ2v) is 14.5. The van der Waals surface area contributed by atoms with Crippen molar-refractivity contribution in [1.29, 1.82) is 0 Å². The maximum absolute atomic E-state index is 12.4. The Hall–Kier alpha value is -0.570. The first kappa shape index (κ1) is 22.2. The number of aromatic nitrogens is 2. The number of aliphatic hydroxyl groups is 2. The van der Waals surface area contributed by atoms with Crippen molar-refractivity contribution in [2.24, 2.45) is 23.2 Å². The third-order valence-electron chi connectivity index (χ3n) is 7.71. The van der Waals surface area contributed by atoms with Crippen molar-refractivity contribution in [2.45, 2.75) is 62.9 Å². The lowest BCUT2D eigenvalue weighted by atomic mass is 9.48. The molecule has 174 valence electrons. The van der Waals surface area contributed by atoms with E-state index < -0.39 is 52.0 Å². The molecule has 4 aliphatic carbocycles. The van der Waals surface area contributed by atoms with Crippen molar-refractivity contribution in [3.8, 4) is 0 Å². The van der Waals surface area contributed by atoms with Gasteiger partial charge in [0.15, 0.2) is 0 Å². The molecule has 4 bridgehead atoms. The summed E-state index contributed by atoms with van der Waals surface area (Å²) in [4.78, 5) is 23.9. The summed E-state index contributed by atoms with van der Waals surface area (Å²) in [6.45, 7) is -0.446. The van der Waals surface area contributed by atoms with Crippen molar-refractivity contribution in [3.05, 3.63) is 18.7 Å². The molecule has 2 unspecified atom stereocenters. The zero-order valence-corrected chi connectivity index (χ0v) is 18.9. The SMILES string of the molecule is O=P(O)(CP(=O)(O)n1ccnc1)OC[C@@H]1O[C@H](C23CC4CC(CC(C4)C2)C3)[C@@H](O)[C@H]1O. The minimum atomic E-state index is -4.47. The summed E-state index contributed by atoms with van der Waals surface area (Å²) in [5.74, 6) is 0.956. The Bertz CT molecular complexity index is 873. The second kappa shape index (κ2) is 7.74. The largest absolute Gasteiger partial charge is 0.388 e. The van der Waals surface area contributed by atoms with Crippen LogP contribution in [0.2, 0.25) is 0 Å². The summed E-state index contributed by atoms with van der Waals surface area (Å²) in [5, 5.41) is 21.3. The van der Waals surface area contributed by atoms with Crippen LogP contribution in [0.25, 0.3) is 0 Å². The Kier molecular flexibility index (Phi) is 5.55. The first-order valence-corrected chi connectivity index (χ1v) is 14.4. The summed E-state index contributed by atoms with van der Waals surface area (Å²) in [6, 6.07) is 0. The van der Waals surface area contributed by atoms with Crippen LogP contribution < -0.4 is 0 Å². The molecule has 5 fully saturated rings. The summed E-state index contributed by atoms with van der Waals surface area (Å²) in [6.07, 6.45) is 6.46. The molecule has 2 heterocycles. The molecule has 12 heteroatoms. The first-order chi connectivity index (χ1) is 14.6. The molecule has 0 spiro atoms. The van der Waals surface area contributed by atoms with Crippen molar-refractivity contribution < 1.29 is 38.4 Å². The normalized spacial score (nSPS) is 45.5. The van der Waals surface area contributed by atoms with Gasteiger partial charge in [-0.25, -0.2) is 4.98 Å². The van der Waals surface area contributed by atoms with E-state index in [9.17, 15) is 29.1 Å². The molecule has 4 N–H and O–H groups in total. The highest BCUT2D eigenvalue weighted by atomic mass is 31.2. The number of nitrogens with zero attached hydrogens (tertiary/aromatic N) is 2. The van der Waals surface area contributed by atoms with E-state index in [2.05, 4.69) is 4.98 Å². The second-order valence-electron chi connectivity index (χ2n) is 10.0. The third-order valence-corrected chi connectivity index (χ3v) is 12.1. The van der Waals surface area contributed by atoms with Gasteiger partial charge in [0, 0.05) is 17.8 Å². The molecule has 6 atom stereocenters. The van der Waals surface area contributed by atoms with Crippen LogP contribution >= 0.6 is 15.1 Å². The summed E-state index contributed by atoms with van der Waals surface area (Å²) < 4.78 is 36.8. The van der Waals surface area contributed by atoms with Gasteiger partial charge in [0.05, 0.1) is 12.7 Å². The van der Waals surface area contributed by atoms with Crippen molar-refractivity contribution in [2.75, 3.05) is 12.5 Å². The lowest BCUT2D eigenvalue weighted by Gasteiger charge is -2.59. The van der Waals surface area contributed by atoms with Crippen LogP contribution in [-0.4, -0.2) is 66.2 Å². The van der Waals surface area contributed by atoms with Crippen LogP contribution in [0.4, 0.5) is 0 Å². The average Bonchev–Trinajstić information content (AvgIpc) is 3.29. The smallest absolute Gasteiger partial charge is 0.339 e. The van der Waals surface area contributed by atoms with E-state index in [0.717, 1.165) is 29.9 Å². The molecule has 1 aromatic rings. The van der Waals surface area contributed by atoms with E-state index in [1.54, 1.807) is 0 Å². The molecule has 0 aromatic carbocycles. The molecule has 6 rings (SSSR count). The van der Waals surface area contributed by atoms with Crippen LogP contribution in [0.1, 0.15) is 38.5 Å². The number of rotatable bonds is 7. The molecule has 1 aliphatic heterocycles. The van der Waals surface area contributed by atoms with Gasteiger partial charge >= 0.3 is 15.1 Å². The van der Waals surface area contributed by atoms with E-state index in [-0.39, 0.29) is 5.41 Å². The van der Waals surface area contributed by atoms with Gasteiger partial charge in [0.1, 0.15) is 30.5 Å². The predicted octanol–water partition coefficient (Wildman–Crippen LogP) is 1.78. The van der Waals surface area contributed by atoms with Gasteiger partial charge in [-0.3, -0.25) is 13.5 Å². The number of ether oxygens (including phenoxy) is 1. The highest BCUT2D eigenvalue weighted by Crippen LogP contribution is 2.63. The number of aliphatic hydroxyl groups excluding tert-OH is 2. The van der Waals surface area contributed by atoms with Crippen LogP contribution in [0.15, 0.2) is 18.7 Å². The lowest BCUT2D eigenvalue weighted by Crippen LogP contribution is -2.54. The maximum atomic E-state index is 12.4. The molecule has 0 radical (unpaired) electrons. The predicted molar refractivity (Wildman–Crippen MR) is 109 cm³/mol. The van der Waals surface area contributed by atoms with Gasteiger partial charge in [0.25, 0.3) is 0 Å².